The Hall–Kier alpha value is -2.41. The molecule has 2 rings (SSSR count). The highest BCUT2D eigenvalue weighted by atomic mass is 32.1. The summed E-state index contributed by atoms with van der Waals surface area (Å²) in [7, 11) is 1.29. The van der Waals surface area contributed by atoms with Crippen LogP contribution in [0.1, 0.15) is 55.6 Å². The summed E-state index contributed by atoms with van der Waals surface area (Å²) in [6, 6.07) is 3.43. The molecule has 0 spiro atoms. The molecule has 0 aliphatic rings. The molecule has 134 valence electrons. The first-order valence-electron chi connectivity index (χ1n) is 7.93. The van der Waals surface area contributed by atoms with Gasteiger partial charge in [-0.1, -0.05) is 6.07 Å². The maximum absolute atomic E-state index is 12.8. The monoisotopic (exact) mass is 362 g/mol. The van der Waals surface area contributed by atoms with Crippen molar-refractivity contribution in [3.8, 4) is 0 Å². The van der Waals surface area contributed by atoms with Crippen LogP contribution < -0.4 is 0 Å². The van der Waals surface area contributed by atoms with Crippen LogP contribution in [0.3, 0.4) is 0 Å². The number of amides is 1. The molecule has 1 amide bonds. The molecule has 0 aliphatic heterocycles. The molecule has 0 unspecified atom stereocenters. The van der Waals surface area contributed by atoms with Gasteiger partial charge < -0.3 is 14.6 Å². The Kier molecular flexibility index (Phi) is 5.79. The highest BCUT2D eigenvalue weighted by Crippen LogP contribution is 2.21. The summed E-state index contributed by atoms with van der Waals surface area (Å²) in [6.45, 7) is 7.12. The van der Waals surface area contributed by atoms with E-state index in [1.807, 2.05) is 19.2 Å². The standard InChI is InChI=1S/C18H22N2O4S/c1-10(2)20(17(22)14-7-6-8-25-14)9-13(21)15-11(3)16(18(23)24-5)19-12(15)4/h6-8,10,19H,9H2,1-5H3. The van der Waals surface area contributed by atoms with Gasteiger partial charge in [-0.15, -0.1) is 11.3 Å². The van der Waals surface area contributed by atoms with E-state index in [0.29, 0.717) is 21.7 Å². The topological polar surface area (TPSA) is 79.5 Å². The first kappa shape index (κ1) is 18.9. The second kappa shape index (κ2) is 7.65. The van der Waals surface area contributed by atoms with E-state index in [9.17, 15) is 14.4 Å². The van der Waals surface area contributed by atoms with Crippen LogP contribution in [0.15, 0.2) is 17.5 Å². The predicted molar refractivity (Wildman–Crippen MR) is 96.4 cm³/mol. The van der Waals surface area contributed by atoms with Crippen molar-refractivity contribution in [2.75, 3.05) is 13.7 Å². The lowest BCUT2D eigenvalue weighted by Gasteiger charge is -2.25. The van der Waals surface area contributed by atoms with Crippen molar-refractivity contribution in [2.45, 2.75) is 33.7 Å². The van der Waals surface area contributed by atoms with Crippen LogP contribution in [0.25, 0.3) is 0 Å². The van der Waals surface area contributed by atoms with Gasteiger partial charge in [-0.3, -0.25) is 9.59 Å². The van der Waals surface area contributed by atoms with E-state index >= 15 is 0 Å². The number of aryl methyl sites for hydroxylation is 1. The molecule has 0 radical (unpaired) electrons. The molecule has 0 aliphatic carbocycles. The van der Waals surface area contributed by atoms with Crippen molar-refractivity contribution in [1.29, 1.82) is 0 Å². The number of methoxy groups -OCH3 is 1. The summed E-state index contributed by atoms with van der Waals surface area (Å²) < 4.78 is 4.73. The van der Waals surface area contributed by atoms with Crippen LogP contribution in [0.4, 0.5) is 0 Å². The van der Waals surface area contributed by atoms with Gasteiger partial charge >= 0.3 is 5.97 Å². The number of ether oxygens (including phenoxy) is 1. The highest BCUT2D eigenvalue weighted by Gasteiger charge is 2.27. The molecule has 2 aromatic rings. The molecule has 7 heteroatoms. The van der Waals surface area contributed by atoms with Crippen molar-refractivity contribution < 1.29 is 19.1 Å². The third-order valence-electron chi connectivity index (χ3n) is 4.04. The van der Waals surface area contributed by atoms with Gasteiger partial charge in [0.1, 0.15) is 5.69 Å². The summed E-state index contributed by atoms with van der Waals surface area (Å²) in [4.78, 5) is 42.3. The molecule has 1 N–H and O–H groups in total. The minimum Gasteiger partial charge on any atom is -0.464 e. The number of hydrogen-bond acceptors (Lipinski definition) is 5. The zero-order valence-electron chi connectivity index (χ0n) is 15.0. The summed E-state index contributed by atoms with van der Waals surface area (Å²) in [6.07, 6.45) is 0. The Morgan fingerprint density at radius 2 is 1.96 bits per heavy atom. The van der Waals surface area contributed by atoms with E-state index in [4.69, 9.17) is 4.74 Å². The molecule has 0 saturated carbocycles. The number of ketones is 1. The fourth-order valence-electron chi connectivity index (χ4n) is 2.74. The lowest BCUT2D eigenvalue weighted by Crippen LogP contribution is -2.40. The molecule has 25 heavy (non-hydrogen) atoms. The number of hydrogen-bond donors (Lipinski definition) is 1. The number of nitrogens with zero attached hydrogens (tertiary/aromatic N) is 1. The van der Waals surface area contributed by atoms with Gasteiger partial charge in [-0.05, 0) is 44.7 Å². The Balaban J connectivity index is 2.29. The third-order valence-corrected chi connectivity index (χ3v) is 4.89. The number of rotatable bonds is 6. The van der Waals surface area contributed by atoms with E-state index in [1.54, 1.807) is 26.0 Å². The maximum atomic E-state index is 12.8. The van der Waals surface area contributed by atoms with E-state index in [0.717, 1.165) is 0 Å². The second-order valence-electron chi connectivity index (χ2n) is 6.04. The Morgan fingerprint density at radius 1 is 1.28 bits per heavy atom. The fourth-order valence-corrected chi connectivity index (χ4v) is 3.42. The number of thiophene rings is 1. The Bertz CT molecular complexity index is 790. The molecule has 0 saturated heterocycles. The van der Waals surface area contributed by atoms with Crippen molar-refractivity contribution in [1.82, 2.24) is 9.88 Å². The molecule has 2 aromatic heterocycles. The number of aromatic nitrogens is 1. The van der Waals surface area contributed by atoms with Crippen LogP contribution in [-0.4, -0.2) is 47.2 Å². The highest BCUT2D eigenvalue weighted by molar-refractivity contribution is 7.12. The average molecular weight is 362 g/mol. The first-order valence-corrected chi connectivity index (χ1v) is 8.81. The summed E-state index contributed by atoms with van der Waals surface area (Å²) in [5.41, 5.74) is 1.84. The van der Waals surface area contributed by atoms with Crippen LogP contribution in [0.5, 0.6) is 0 Å². The van der Waals surface area contributed by atoms with Gasteiger partial charge in [0, 0.05) is 17.3 Å². The largest absolute Gasteiger partial charge is 0.464 e. The van der Waals surface area contributed by atoms with Gasteiger partial charge in [0.15, 0.2) is 5.78 Å². The molecular weight excluding hydrogens is 340 g/mol. The van der Waals surface area contributed by atoms with Gasteiger partial charge in [0.05, 0.1) is 18.5 Å². The second-order valence-corrected chi connectivity index (χ2v) is 6.99. The van der Waals surface area contributed by atoms with Crippen molar-refractivity contribution >= 4 is 29.0 Å². The van der Waals surface area contributed by atoms with Crippen LogP contribution in [-0.2, 0) is 4.74 Å². The van der Waals surface area contributed by atoms with E-state index in [2.05, 4.69) is 4.98 Å². The minimum atomic E-state index is -0.518. The molecule has 0 fully saturated rings. The number of aromatic amines is 1. The number of carbonyl (C=O) groups is 3. The van der Waals surface area contributed by atoms with Gasteiger partial charge in [0.2, 0.25) is 0 Å². The molecule has 0 atom stereocenters. The van der Waals surface area contributed by atoms with E-state index in [1.165, 1.54) is 23.3 Å². The van der Waals surface area contributed by atoms with Crippen molar-refractivity contribution in [2.24, 2.45) is 0 Å². The lowest BCUT2D eigenvalue weighted by atomic mass is 10.0. The molecular formula is C18H22N2O4S. The first-order chi connectivity index (χ1) is 11.8. The lowest BCUT2D eigenvalue weighted by molar-refractivity contribution is 0.0593. The SMILES string of the molecule is COC(=O)c1[nH]c(C)c(C(=O)CN(C(=O)c2cccs2)C(C)C)c1C. The van der Waals surface area contributed by atoms with Crippen LogP contribution in [0.2, 0.25) is 0 Å². The zero-order chi connectivity index (χ0) is 18.7. The van der Waals surface area contributed by atoms with Crippen LogP contribution in [0, 0.1) is 13.8 Å². The quantitative estimate of drug-likeness (QED) is 0.632. The van der Waals surface area contributed by atoms with Gasteiger partial charge in [0.25, 0.3) is 5.91 Å². The maximum Gasteiger partial charge on any atom is 0.354 e. The average Bonchev–Trinajstić information content (AvgIpc) is 3.19. The van der Waals surface area contributed by atoms with E-state index in [-0.39, 0.29) is 30.0 Å². The number of nitrogens with one attached hydrogen (secondary N) is 1. The van der Waals surface area contributed by atoms with Gasteiger partial charge in [-0.25, -0.2) is 4.79 Å². The zero-order valence-corrected chi connectivity index (χ0v) is 15.8. The predicted octanol–water partition coefficient (Wildman–Crippen LogP) is 3.21. The number of H-pyrrole nitrogens is 1. The molecule has 6 nitrogen and oxygen atoms in total. The third kappa shape index (κ3) is 3.82. The summed E-state index contributed by atoms with van der Waals surface area (Å²) >= 11 is 1.35. The normalized spacial score (nSPS) is 10.8. The Labute approximate surface area is 150 Å². The fraction of sp³-hybridized carbons (Fsp3) is 0.389. The van der Waals surface area contributed by atoms with Crippen LogP contribution >= 0.6 is 11.3 Å². The number of carbonyl (C=O) groups excluding carboxylic acids is 3. The Morgan fingerprint density at radius 3 is 2.48 bits per heavy atom. The summed E-state index contributed by atoms with van der Waals surface area (Å²) in [5.74, 6) is -0.896. The molecule has 0 aromatic carbocycles. The van der Waals surface area contributed by atoms with Crippen molar-refractivity contribution in [3.63, 3.8) is 0 Å². The van der Waals surface area contributed by atoms with Crippen molar-refractivity contribution in [3.05, 3.63) is 44.9 Å². The molecule has 2 heterocycles. The molecule has 0 bridgehead atoms. The minimum absolute atomic E-state index is 0.0471. The summed E-state index contributed by atoms with van der Waals surface area (Å²) in [5, 5.41) is 1.83. The number of Topliss-reactive ketones (excluding diaryl/α,β-unsaturated/α-hetero) is 1. The number of esters is 1. The van der Waals surface area contributed by atoms with Gasteiger partial charge in [-0.2, -0.15) is 0 Å². The smallest absolute Gasteiger partial charge is 0.354 e. The van der Waals surface area contributed by atoms with E-state index < -0.39 is 5.97 Å².